The summed E-state index contributed by atoms with van der Waals surface area (Å²) in [6, 6.07) is 5.43. The minimum absolute atomic E-state index is 0.244. The highest BCUT2D eigenvalue weighted by molar-refractivity contribution is 6.31. The molecule has 2 aromatic rings. The SMILES string of the molecule is Cc1cc(Oc2nc(CNCC(C)C)co2)ccc1Cl. The average Bonchev–Trinajstić information content (AvgIpc) is 2.81. The first-order valence-electron chi connectivity index (χ1n) is 6.63. The largest absolute Gasteiger partial charge is 0.417 e. The summed E-state index contributed by atoms with van der Waals surface area (Å²) in [6.45, 7) is 7.86. The van der Waals surface area contributed by atoms with E-state index in [1.165, 1.54) is 0 Å². The van der Waals surface area contributed by atoms with Crippen molar-refractivity contribution in [2.75, 3.05) is 6.54 Å². The molecule has 0 bridgehead atoms. The Balaban J connectivity index is 1.93. The summed E-state index contributed by atoms with van der Waals surface area (Å²) >= 11 is 5.97. The minimum atomic E-state index is 0.244. The van der Waals surface area contributed by atoms with Crippen molar-refractivity contribution >= 4 is 11.6 Å². The third kappa shape index (κ3) is 4.25. The second-order valence-corrected chi connectivity index (χ2v) is 5.55. The molecule has 0 saturated heterocycles. The van der Waals surface area contributed by atoms with Crippen molar-refractivity contribution in [3.05, 3.63) is 40.7 Å². The second kappa shape index (κ2) is 6.77. The van der Waals surface area contributed by atoms with E-state index in [0.29, 0.717) is 23.2 Å². The molecule has 1 aromatic heterocycles. The number of aromatic nitrogens is 1. The molecule has 2 rings (SSSR count). The van der Waals surface area contributed by atoms with E-state index < -0.39 is 0 Å². The number of halogens is 1. The van der Waals surface area contributed by atoms with Gasteiger partial charge in [-0.05, 0) is 43.1 Å². The lowest BCUT2D eigenvalue weighted by Crippen LogP contribution is -2.19. The minimum Gasteiger partial charge on any atom is -0.417 e. The van der Waals surface area contributed by atoms with E-state index in [1.807, 2.05) is 13.0 Å². The van der Waals surface area contributed by atoms with Gasteiger partial charge in [0.25, 0.3) is 0 Å². The van der Waals surface area contributed by atoms with Crippen molar-refractivity contribution in [2.24, 2.45) is 5.92 Å². The molecule has 1 N–H and O–H groups in total. The Morgan fingerprint density at radius 3 is 2.90 bits per heavy atom. The van der Waals surface area contributed by atoms with Gasteiger partial charge >= 0.3 is 6.08 Å². The number of ether oxygens (including phenoxy) is 1. The van der Waals surface area contributed by atoms with Crippen LogP contribution in [0.15, 0.2) is 28.9 Å². The molecule has 0 atom stereocenters. The third-order valence-corrected chi connectivity index (χ3v) is 3.15. The van der Waals surface area contributed by atoms with Crippen LogP contribution in [0.1, 0.15) is 25.1 Å². The molecule has 0 amide bonds. The molecule has 1 heterocycles. The number of hydrogen-bond acceptors (Lipinski definition) is 4. The topological polar surface area (TPSA) is 47.3 Å². The van der Waals surface area contributed by atoms with Crippen molar-refractivity contribution in [3.8, 4) is 11.8 Å². The first-order valence-corrected chi connectivity index (χ1v) is 7.01. The quantitative estimate of drug-likeness (QED) is 0.868. The maximum Gasteiger partial charge on any atom is 0.399 e. The van der Waals surface area contributed by atoms with Crippen molar-refractivity contribution in [1.29, 1.82) is 0 Å². The van der Waals surface area contributed by atoms with Gasteiger partial charge in [0.15, 0.2) is 0 Å². The maximum atomic E-state index is 5.97. The molecule has 0 spiro atoms. The fourth-order valence-electron chi connectivity index (χ4n) is 1.69. The lowest BCUT2D eigenvalue weighted by molar-refractivity contribution is 0.330. The van der Waals surface area contributed by atoms with E-state index in [9.17, 15) is 0 Å². The van der Waals surface area contributed by atoms with Gasteiger partial charge in [0.2, 0.25) is 0 Å². The van der Waals surface area contributed by atoms with E-state index >= 15 is 0 Å². The number of nitrogens with one attached hydrogen (secondary N) is 1. The van der Waals surface area contributed by atoms with Gasteiger partial charge in [0, 0.05) is 11.6 Å². The van der Waals surface area contributed by atoms with Crippen LogP contribution in [0.5, 0.6) is 11.8 Å². The Kier molecular flexibility index (Phi) is 5.04. The van der Waals surface area contributed by atoms with Crippen LogP contribution in [0.2, 0.25) is 5.02 Å². The highest BCUT2D eigenvalue weighted by Crippen LogP contribution is 2.25. The molecule has 108 valence electrons. The summed E-state index contributed by atoms with van der Waals surface area (Å²) < 4.78 is 10.8. The first-order chi connectivity index (χ1) is 9.54. The van der Waals surface area contributed by atoms with Gasteiger partial charge in [0.1, 0.15) is 12.0 Å². The molecule has 0 saturated carbocycles. The van der Waals surface area contributed by atoms with Gasteiger partial charge in [-0.2, -0.15) is 4.98 Å². The summed E-state index contributed by atoms with van der Waals surface area (Å²) in [5.41, 5.74) is 1.78. The molecule has 0 unspecified atom stereocenters. The fraction of sp³-hybridized carbons (Fsp3) is 0.400. The molecule has 5 heteroatoms. The van der Waals surface area contributed by atoms with E-state index in [0.717, 1.165) is 17.8 Å². The molecule has 0 aliphatic rings. The van der Waals surface area contributed by atoms with Crippen LogP contribution >= 0.6 is 11.6 Å². The summed E-state index contributed by atoms with van der Waals surface area (Å²) in [6.07, 6.45) is 1.85. The highest BCUT2D eigenvalue weighted by Gasteiger charge is 2.07. The number of hydrogen-bond donors (Lipinski definition) is 1. The Hall–Kier alpha value is -1.52. The fourth-order valence-corrected chi connectivity index (χ4v) is 1.80. The Labute approximate surface area is 124 Å². The predicted molar refractivity (Wildman–Crippen MR) is 79.3 cm³/mol. The maximum absolute atomic E-state index is 5.97. The van der Waals surface area contributed by atoms with Gasteiger partial charge < -0.3 is 14.5 Å². The van der Waals surface area contributed by atoms with Crippen LogP contribution < -0.4 is 10.1 Å². The lowest BCUT2D eigenvalue weighted by atomic mass is 10.2. The van der Waals surface area contributed by atoms with Crippen LogP contribution in [0.4, 0.5) is 0 Å². The van der Waals surface area contributed by atoms with Crippen molar-refractivity contribution in [2.45, 2.75) is 27.3 Å². The zero-order chi connectivity index (χ0) is 14.5. The standard InChI is InChI=1S/C15H19ClN2O2/c1-10(2)7-17-8-12-9-19-15(18-12)20-13-4-5-14(16)11(3)6-13/h4-6,9-10,17H,7-8H2,1-3H3. The number of aryl methyl sites for hydroxylation is 1. The molecule has 0 fully saturated rings. The van der Waals surface area contributed by atoms with E-state index in [2.05, 4.69) is 24.1 Å². The van der Waals surface area contributed by atoms with Crippen molar-refractivity contribution in [1.82, 2.24) is 10.3 Å². The number of rotatable bonds is 6. The summed E-state index contributed by atoms with van der Waals surface area (Å²) in [5.74, 6) is 1.27. The van der Waals surface area contributed by atoms with Crippen molar-refractivity contribution < 1.29 is 9.15 Å². The van der Waals surface area contributed by atoms with E-state index in [1.54, 1.807) is 18.4 Å². The van der Waals surface area contributed by atoms with E-state index in [-0.39, 0.29) is 6.08 Å². The Morgan fingerprint density at radius 1 is 1.40 bits per heavy atom. The zero-order valence-corrected chi connectivity index (χ0v) is 12.7. The molecular weight excluding hydrogens is 276 g/mol. The van der Waals surface area contributed by atoms with Crippen LogP contribution in [0.3, 0.4) is 0 Å². The Morgan fingerprint density at radius 2 is 2.20 bits per heavy atom. The molecule has 0 aliphatic carbocycles. The normalized spacial score (nSPS) is 11.1. The van der Waals surface area contributed by atoms with Crippen LogP contribution in [0.25, 0.3) is 0 Å². The summed E-state index contributed by atoms with van der Waals surface area (Å²) in [4.78, 5) is 4.27. The highest BCUT2D eigenvalue weighted by atomic mass is 35.5. The number of nitrogens with zero attached hydrogens (tertiary/aromatic N) is 1. The van der Waals surface area contributed by atoms with Gasteiger partial charge in [-0.1, -0.05) is 25.4 Å². The van der Waals surface area contributed by atoms with E-state index in [4.69, 9.17) is 20.8 Å². The van der Waals surface area contributed by atoms with Crippen LogP contribution in [0, 0.1) is 12.8 Å². The smallest absolute Gasteiger partial charge is 0.399 e. The zero-order valence-electron chi connectivity index (χ0n) is 11.9. The second-order valence-electron chi connectivity index (χ2n) is 5.14. The van der Waals surface area contributed by atoms with Gasteiger partial charge in [-0.25, -0.2) is 0 Å². The summed E-state index contributed by atoms with van der Waals surface area (Å²) in [5, 5.41) is 4.01. The molecular formula is C15H19ClN2O2. The number of benzene rings is 1. The molecule has 0 aliphatic heterocycles. The lowest BCUT2D eigenvalue weighted by Gasteiger charge is -2.04. The van der Waals surface area contributed by atoms with Gasteiger partial charge in [-0.3, -0.25) is 0 Å². The molecule has 1 aromatic carbocycles. The average molecular weight is 295 g/mol. The van der Waals surface area contributed by atoms with Crippen LogP contribution in [-0.4, -0.2) is 11.5 Å². The predicted octanol–water partition coefficient (Wildman–Crippen LogP) is 4.17. The van der Waals surface area contributed by atoms with Crippen molar-refractivity contribution in [3.63, 3.8) is 0 Å². The molecule has 20 heavy (non-hydrogen) atoms. The van der Waals surface area contributed by atoms with Gasteiger partial charge in [0.05, 0.1) is 5.69 Å². The monoisotopic (exact) mass is 294 g/mol. The first kappa shape index (κ1) is 14.9. The summed E-state index contributed by atoms with van der Waals surface area (Å²) in [7, 11) is 0. The third-order valence-electron chi connectivity index (χ3n) is 2.72. The molecule has 4 nitrogen and oxygen atoms in total. The Bertz CT molecular complexity index is 567. The van der Waals surface area contributed by atoms with Crippen LogP contribution in [-0.2, 0) is 6.54 Å². The van der Waals surface area contributed by atoms with Gasteiger partial charge in [-0.15, -0.1) is 0 Å². The number of oxazole rings is 1. The molecule has 0 radical (unpaired) electrons.